The van der Waals surface area contributed by atoms with Crippen molar-refractivity contribution in [3.8, 4) is 11.4 Å². The highest BCUT2D eigenvalue weighted by molar-refractivity contribution is 6.51. The lowest BCUT2D eigenvalue weighted by Gasteiger charge is -2.40. The van der Waals surface area contributed by atoms with Gasteiger partial charge in [-0.3, -0.25) is 0 Å². The number of nitrogens with one attached hydrogen (secondary N) is 1. The van der Waals surface area contributed by atoms with Crippen LogP contribution in [0.1, 0.15) is 42.3 Å². The number of aromatic nitrogens is 2. The van der Waals surface area contributed by atoms with Gasteiger partial charge in [0.05, 0.1) is 35.4 Å². The molecule has 7 heteroatoms. The zero-order chi connectivity index (χ0) is 28.6. The van der Waals surface area contributed by atoms with Crippen LogP contribution < -0.4 is 15.0 Å². The Balaban J connectivity index is 1.45. The Morgan fingerprint density at radius 3 is 2.29 bits per heavy atom. The lowest BCUT2D eigenvalue weighted by molar-refractivity contribution is 0.340. The van der Waals surface area contributed by atoms with Gasteiger partial charge in [-0.05, 0) is 79.9 Å². The topological polar surface area (TPSA) is 67.0 Å². The van der Waals surface area contributed by atoms with Gasteiger partial charge < -0.3 is 15.0 Å². The van der Waals surface area contributed by atoms with Crippen molar-refractivity contribution in [2.24, 2.45) is 9.98 Å². The van der Waals surface area contributed by atoms with Crippen LogP contribution >= 0.6 is 0 Å². The average Bonchev–Trinajstić information content (AvgIpc) is 3.37. The van der Waals surface area contributed by atoms with Gasteiger partial charge in [0.25, 0.3) is 0 Å². The van der Waals surface area contributed by atoms with Crippen molar-refractivity contribution in [2.45, 2.75) is 33.2 Å². The van der Waals surface area contributed by atoms with Gasteiger partial charge in [0.15, 0.2) is 17.5 Å². The maximum absolute atomic E-state index is 5.78. The molecule has 42 heavy (non-hydrogen) atoms. The molecular formula is C35H32N6O. The number of para-hydroxylation sites is 3. The van der Waals surface area contributed by atoms with E-state index in [0.29, 0.717) is 12.4 Å². The summed E-state index contributed by atoms with van der Waals surface area (Å²) in [7, 11) is 0. The molecule has 7 nitrogen and oxygen atoms in total. The van der Waals surface area contributed by atoms with Gasteiger partial charge in [0, 0.05) is 11.3 Å². The smallest absolute Gasteiger partial charge is 0.179 e. The van der Waals surface area contributed by atoms with E-state index < -0.39 is 0 Å². The summed E-state index contributed by atoms with van der Waals surface area (Å²) < 4.78 is 7.73. The van der Waals surface area contributed by atoms with Crippen LogP contribution in [0, 0.1) is 6.92 Å². The number of nitrogens with zero attached hydrogens (tertiary/aromatic N) is 5. The highest BCUT2D eigenvalue weighted by Crippen LogP contribution is 2.48. The molecule has 1 unspecified atom stereocenters. The van der Waals surface area contributed by atoms with E-state index in [9.17, 15) is 0 Å². The highest BCUT2D eigenvalue weighted by atomic mass is 16.5. The van der Waals surface area contributed by atoms with Gasteiger partial charge in [-0.1, -0.05) is 61.5 Å². The lowest BCUT2D eigenvalue weighted by atomic mass is 9.93. The molecule has 5 aromatic rings. The molecule has 0 fully saturated rings. The van der Waals surface area contributed by atoms with Gasteiger partial charge in [0.1, 0.15) is 5.75 Å². The molecule has 0 saturated carbocycles. The molecule has 0 aliphatic carbocycles. The van der Waals surface area contributed by atoms with Crippen molar-refractivity contribution in [3.63, 3.8) is 0 Å². The van der Waals surface area contributed by atoms with E-state index in [-0.39, 0.29) is 6.04 Å². The van der Waals surface area contributed by atoms with Gasteiger partial charge in [-0.15, -0.1) is 0 Å². The Morgan fingerprint density at radius 1 is 0.810 bits per heavy atom. The summed E-state index contributed by atoms with van der Waals surface area (Å²) in [6, 6.07) is 35.1. The van der Waals surface area contributed by atoms with Crippen LogP contribution in [0.3, 0.4) is 0 Å². The minimum atomic E-state index is -0.184. The first-order valence-electron chi connectivity index (χ1n) is 14.4. The molecule has 208 valence electrons. The molecular weight excluding hydrogens is 520 g/mol. The van der Waals surface area contributed by atoms with Crippen LogP contribution in [-0.2, 0) is 6.42 Å². The van der Waals surface area contributed by atoms with Crippen LogP contribution in [0.25, 0.3) is 5.69 Å². The Morgan fingerprint density at radius 2 is 1.55 bits per heavy atom. The van der Waals surface area contributed by atoms with Crippen LogP contribution in [0.5, 0.6) is 5.75 Å². The minimum Gasteiger partial charge on any atom is -0.494 e. The maximum atomic E-state index is 5.78. The van der Waals surface area contributed by atoms with Gasteiger partial charge in [-0.25, -0.2) is 14.7 Å². The zero-order valence-corrected chi connectivity index (χ0v) is 24.0. The van der Waals surface area contributed by atoms with Gasteiger partial charge in [-0.2, -0.15) is 5.10 Å². The summed E-state index contributed by atoms with van der Waals surface area (Å²) in [6.07, 6.45) is 0.991. The standard InChI is InChI=1S/C35H32N6O/c1-4-24-15-19-26(20-16-24)36-33-35-38-34-31(23(3)39-41(34)27-11-7-6-8-12-27)32(25-17-21-28(22-18-25)42-5-2)40(35)30-14-10-9-13-29(30)37-33/h6-22,32H,4-5H2,1-3H3,(H,36,37). The first-order chi connectivity index (χ1) is 20.6. The number of amidine groups is 2. The number of aryl methyl sites for hydroxylation is 2. The number of hydrogen-bond acceptors (Lipinski definition) is 6. The Hall–Kier alpha value is -5.17. The maximum Gasteiger partial charge on any atom is 0.179 e. The third-order valence-corrected chi connectivity index (χ3v) is 7.77. The molecule has 1 atom stereocenters. The first kappa shape index (κ1) is 25.8. The highest BCUT2D eigenvalue weighted by Gasteiger charge is 2.41. The number of anilines is 2. The fourth-order valence-corrected chi connectivity index (χ4v) is 5.74. The van der Waals surface area contributed by atoms with Crippen molar-refractivity contribution < 1.29 is 4.74 Å². The predicted octanol–water partition coefficient (Wildman–Crippen LogP) is 7.94. The quantitative estimate of drug-likeness (QED) is 0.232. The third kappa shape index (κ3) is 4.43. The normalized spacial score (nSPS) is 15.2. The molecule has 7 rings (SSSR count). The fraction of sp³-hybridized carbons (Fsp3) is 0.171. The Kier molecular flexibility index (Phi) is 6.55. The number of ether oxygens (including phenoxy) is 1. The van der Waals surface area contributed by atoms with Crippen molar-refractivity contribution in [1.82, 2.24) is 9.78 Å². The number of fused-ring (bicyclic) bond motifs is 4. The van der Waals surface area contributed by atoms with E-state index in [0.717, 1.165) is 63.4 Å². The summed E-state index contributed by atoms with van der Waals surface area (Å²) in [5.41, 5.74) is 8.21. The Bertz CT molecular complexity index is 1800. The molecule has 2 aliphatic heterocycles. The molecule has 2 aliphatic rings. The molecule has 0 spiro atoms. The van der Waals surface area contributed by atoms with E-state index in [1.54, 1.807) is 0 Å². The largest absolute Gasteiger partial charge is 0.494 e. The van der Waals surface area contributed by atoms with Crippen molar-refractivity contribution in [3.05, 3.63) is 126 Å². The summed E-state index contributed by atoms with van der Waals surface area (Å²) in [5, 5.41) is 8.62. The summed E-state index contributed by atoms with van der Waals surface area (Å²) in [4.78, 5) is 12.7. The van der Waals surface area contributed by atoms with Crippen molar-refractivity contribution in [2.75, 3.05) is 16.8 Å². The van der Waals surface area contributed by atoms with Crippen LogP contribution in [0.4, 0.5) is 22.9 Å². The number of rotatable bonds is 6. The van der Waals surface area contributed by atoms with E-state index in [4.69, 9.17) is 19.8 Å². The summed E-state index contributed by atoms with van der Waals surface area (Å²) in [5.74, 6) is 3.09. The van der Waals surface area contributed by atoms with E-state index in [1.807, 2.05) is 48.0 Å². The molecule has 1 aromatic heterocycles. The molecule has 0 amide bonds. The van der Waals surface area contributed by atoms with Crippen LogP contribution in [-0.4, -0.2) is 28.1 Å². The van der Waals surface area contributed by atoms with E-state index in [1.165, 1.54) is 5.56 Å². The second-order valence-electron chi connectivity index (χ2n) is 10.4. The van der Waals surface area contributed by atoms with Crippen LogP contribution in [0.2, 0.25) is 0 Å². The SMILES string of the molecule is CCOc1ccc(C2c3c(C)nn(-c4ccccc4)c3N=C3C(Nc4ccc(CC)cc4)=Nc4ccccc4N32)cc1. The third-order valence-electron chi connectivity index (χ3n) is 7.77. The van der Waals surface area contributed by atoms with Crippen molar-refractivity contribution >= 4 is 34.6 Å². The minimum absolute atomic E-state index is 0.184. The van der Waals surface area contributed by atoms with Crippen LogP contribution in [0.15, 0.2) is 113 Å². The second-order valence-corrected chi connectivity index (χ2v) is 10.4. The summed E-state index contributed by atoms with van der Waals surface area (Å²) >= 11 is 0. The number of aliphatic imine (C=N–C) groups is 2. The lowest BCUT2D eigenvalue weighted by Crippen LogP contribution is -2.46. The molecule has 1 N–H and O–H groups in total. The zero-order valence-electron chi connectivity index (χ0n) is 24.0. The molecule has 4 aromatic carbocycles. The molecule has 0 saturated heterocycles. The average molecular weight is 553 g/mol. The molecule has 0 radical (unpaired) electrons. The predicted molar refractivity (Wildman–Crippen MR) is 170 cm³/mol. The fourth-order valence-electron chi connectivity index (χ4n) is 5.74. The monoisotopic (exact) mass is 552 g/mol. The summed E-state index contributed by atoms with van der Waals surface area (Å²) in [6.45, 7) is 6.85. The first-order valence-corrected chi connectivity index (χ1v) is 14.4. The molecule has 3 heterocycles. The molecule has 0 bridgehead atoms. The number of hydrogen-bond donors (Lipinski definition) is 1. The second kappa shape index (κ2) is 10.7. The van der Waals surface area contributed by atoms with E-state index >= 15 is 0 Å². The van der Waals surface area contributed by atoms with Crippen molar-refractivity contribution in [1.29, 1.82) is 0 Å². The Labute approximate surface area is 245 Å². The van der Waals surface area contributed by atoms with E-state index in [2.05, 4.69) is 90.8 Å². The number of benzene rings is 4. The van der Waals surface area contributed by atoms with Gasteiger partial charge >= 0.3 is 0 Å². The van der Waals surface area contributed by atoms with Gasteiger partial charge in [0.2, 0.25) is 0 Å².